The minimum absolute atomic E-state index is 0.0736. The van der Waals surface area contributed by atoms with E-state index in [9.17, 15) is 9.90 Å². The highest BCUT2D eigenvalue weighted by Gasteiger charge is 2.34. The molecule has 1 unspecified atom stereocenters. The van der Waals surface area contributed by atoms with Crippen molar-refractivity contribution in [1.29, 1.82) is 0 Å². The second-order valence-corrected chi connectivity index (χ2v) is 5.77. The third-order valence-electron chi connectivity index (χ3n) is 3.97. The summed E-state index contributed by atoms with van der Waals surface area (Å²) in [4.78, 5) is 15.8. The zero-order valence-corrected chi connectivity index (χ0v) is 13.3. The number of nitrogens with one attached hydrogen (secondary N) is 1. The Labute approximate surface area is 139 Å². The van der Waals surface area contributed by atoms with Gasteiger partial charge < -0.3 is 19.9 Å². The Morgan fingerprint density at radius 3 is 2.54 bits per heavy atom. The van der Waals surface area contributed by atoms with Gasteiger partial charge in [0.15, 0.2) is 11.4 Å². The number of hydrogen-bond donors (Lipinski definition) is 3. The number of aromatic nitrogens is 1. The first-order chi connectivity index (χ1) is 11.5. The highest BCUT2D eigenvalue weighted by molar-refractivity contribution is 6.03. The Kier molecular flexibility index (Phi) is 4.38. The van der Waals surface area contributed by atoms with Crippen molar-refractivity contribution in [2.24, 2.45) is 0 Å². The van der Waals surface area contributed by atoms with Gasteiger partial charge in [0.05, 0.1) is 12.3 Å². The molecule has 0 saturated carbocycles. The van der Waals surface area contributed by atoms with E-state index in [-0.39, 0.29) is 13.2 Å². The summed E-state index contributed by atoms with van der Waals surface area (Å²) in [6.07, 6.45) is 0. The lowest BCUT2D eigenvalue weighted by atomic mass is 9.91. The molecule has 0 aliphatic rings. The van der Waals surface area contributed by atoms with E-state index in [4.69, 9.17) is 9.84 Å². The van der Waals surface area contributed by atoms with Crippen LogP contribution >= 0.6 is 0 Å². The highest BCUT2D eigenvalue weighted by atomic mass is 16.5. The maximum atomic E-state index is 12.7. The zero-order chi connectivity index (χ0) is 17.2. The molecule has 5 heteroatoms. The number of aliphatic hydroxyl groups is 2. The predicted molar refractivity (Wildman–Crippen MR) is 91.2 cm³/mol. The minimum atomic E-state index is -1.66. The van der Waals surface area contributed by atoms with Gasteiger partial charge in [-0.15, -0.1) is 0 Å². The molecule has 1 aromatic heterocycles. The lowest BCUT2D eigenvalue weighted by Crippen LogP contribution is -2.32. The summed E-state index contributed by atoms with van der Waals surface area (Å²) >= 11 is 0. The first-order valence-corrected chi connectivity index (χ1v) is 7.71. The molecule has 0 fully saturated rings. The molecule has 0 amide bonds. The summed E-state index contributed by atoms with van der Waals surface area (Å²) in [6.45, 7) is 1.60. The molecule has 1 atom stereocenters. The quantitative estimate of drug-likeness (QED) is 0.609. The van der Waals surface area contributed by atoms with Gasteiger partial charge in [-0.05, 0) is 48.7 Å². The lowest BCUT2D eigenvalue weighted by molar-refractivity contribution is 0.0376. The van der Waals surface area contributed by atoms with E-state index in [0.29, 0.717) is 17.0 Å². The Hall–Kier alpha value is -2.63. The van der Waals surface area contributed by atoms with Crippen molar-refractivity contribution in [3.63, 3.8) is 0 Å². The number of Topliss-reactive ketones (excluding diaryl/α,β-unsaturated/α-hetero) is 1. The maximum absolute atomic E-state index is 12.7. The lowest BCUT2D eigenvalue weighted by Gasteiger charge is -2.20. The molecule has 0 aliphatic carbocycles. The number of fused-ring (bicyclic) bond motifs is 1. The van der Waals surface area contributed by atoms with Crippen LogP contribution in [0, 0.1) is 0 Å². The van der Waals surface area contributed by atoms with Crippen LogP contribution in [0.25, 0.3) is 10.9 Å². The summed E-state index contributed by atoms with van der Waals surface area (Å²) < 4.78 is 5.27. The number of ether oxygens (including phenoxy) is 1. The molecule has 24 heavy (non-hydrogen) atoms. The average molecular weight is 325 g/mol. The molecule has 3 N–H and O–H groups in total. The van der Waals surface area contributed by atoms with Crippen LogP contribution in [-0.4, -0.2) is 34.2 Å². The molecule has 3 aromatic rings. The van der Waals surface area contributed by atoms with E-state index in [1.54, 1.807) is 30.3 Å². The monoisotopic (exact) mass is 325 g/mol. The van der Waals surface area contributed by atoms with E-state index in [0.717, 1.165) is 10.9 Å². The van der Waals surface area contributed by atoms with E-state index in [1.807, 2.05) is 24.3 Å². The van der Waals surface area contributed by atoms with E-state index >= 15 is 0 Å². The van der Waals surface area contributed by atoms with Gasteiger partial charge >= 0.3 is 0 Å². The Morgan fingerprint density at radius 1 is 1.17 bits per heavy atom. The van der Waals surface area contributed by atoms with Gasteiger partial charge in [-0.2, -0.15) is 0 Å². The highest BCUT2D eigenvalue weighted by Crippen LogP contribution is 2.28. The Balaban J connectivity index is 1.86. The smallest absolute Gasteiger partial charge is 0.200 e. The van der Waals surface area contributed by atoms with Gasteiger partial charge in [0, 0.05) is 11.1 Å². The van der Waals surface area contributed by atoms with Crippen molar-refractivity contribution >= 4 is 16.7 Å². The van der Waals surface area contributed by atoms with Crippen LogP contribution < -0.4 is 4.74 Å². The van der Waals surface area contributed by atoms with Gasteiger partial charge in [-0.25, -0.2) is 0 Å². The summed E-state index contributed by atoms with van der Waals surface area (Å²) in [5, 5.41) is 20.5. The van der Waals surface area contributed by atoms with Crippen molar-refractivity contribution in [1.82, 2.24) is 4.98 Å². The average Bonchev–Trinajstić information content (AvgIpc) is 3.05. The van der Waals surface area contributed by atoms with E-state index in [1.165, 1.54) is 6.92 Å². The second kappa shape index (κ2) is 6.47. The fraction of sp³-hybridized carbons (Fsp3) is 0.211. The molecule has 1 heterocycles. The molecule has 124 valence electrons. The van der Waals surface area contributed by atoms with Crippen molar-refractivity contribution in [2.45, 2.75) is 12.5 Å². The number of para-hydroxylation sites is 1. The Bertz CT molecular complexity index is 816. The number of aliphatic hydroxyl groups excluding tert-OH is 1. The second-order valence-electron chi connectivity index (χ2n) is 5.77. The van der Waals surface area contributed by atoms with Gasteiger partial charge in [0.2, 0.25) is 0 Å². The minimum Gasteiger partial charge on any atom is -0.491 e. The largest absolute Gasteiger partial charge is 0.491 e. The molecule has 0 saturated heterocycles. The van der Waals surface area contributed by atoms with Crippen LogP contribution in [0.5, 0.6) is 5.75 Å². The van der Waals surface area contributed by atoms with Crippen LogP contribution in [-0.2, 0) is 5.60 Å². The summed E-state index contributed by atoms with van der Waals surface area (Å²) in [5.41, 5.74) is 0.0459. The predicted octanol–water partition coefficient (Wildman–Crippen LogP) is 2.63. The van der Waals surface area contributed by atoms with Crippen LogP contribution in [0.1, 0.15) is 23.0 Å². The normalized spacial score (nSPS) is 13.6. The number of carbonyl (C=O) groups is 1. The summed E-state index contributed by atoms with van der Waals surface area (Å²) in [5.74, 6) is 0.161. The zero-order valence-electron chi connectivity index (χ0n) is 13.3. The summed E-state index contributed by atoms with van der Waals surface area (Å²) in [7, 11) is 0. The number of ketones is 1. The van der Waals surface area contributed by atoms with Crippen molar-refractivity contribution in [2.75, 3.05) is 13.2 Å². The first-order valence-electron chi connectivity index (χ1n) is 7.71. The molecule has 0 aliphatic heterocycles. The SMILES string of the molecule is CC(O)(C(=O)c1ccc(OCCO)cc1)c1cc2ccccc2[nH]1. The molecule has 0 radical (unpaired) electrons. The van der Waals surface area contributed by atoms with Crippen molar-refractivity contribution in [3.05, 3.63) is 65.9 Å². The number of rotatable bonds is 6. The third-order valence-corrected chi connectivity index (χ3v) is 3.97. The van der Waals surface area contributed by atoms with Crippen molar-refractivity contribution in [3.8, 4) is 5.75 Å². The van der Waals surface area contributed by atoms with Gasteiger partial charge in [-0.3, -0.25) is 4.79 Å². The first kappa shape index (κ1) is 16.2. The molecule has 5 nitrogen and oxygen atoms in total. The molecular weight excluding hydrogens is 306 g/mol. The van der Waals surface area contributed by atoms with Crippen LogP contribution in [0.15, 0.2) is 54.6 Å². The van der Waals surface area contributed by atoms with Crippen molar-refractivity contribution < 1.29 is 19.7 Å². The standard InChI is InChI=1S/C19H19NO4/c1-19(23,17-12-14-4-2-3-5-16(14)20-17)18(22)13-6-8-15(9-7-13)24-11-10-21/h2-9,12,20-21,23H,10-11H2,1H3. The van der Waals surface area contributed by atoms with Gasteiger partial charge in [0.1, 0.15) is 12.4 Å². The topological polar surface area (TPSA) is 82.6 Å². The number of benzene rings is 2. The van der Waals surface area contributed by atoms with Crippen LogP contribution in [0.2, 0.25) is 0 Å². The molecular formula is C19H19NO4. The molecule has 0 bridgehead atoms. The number of H-pyrrole nitrogens is 1. The molecule has 3 rings (SSSR count). The fourth-order valence-corrected chi connectivity index (χ4v) is 2.61. The van der Waals surface area contributed by atoms with Gasteiger partial charge in [0.25, 0.3) is 0 Å². The maximum Gasteiger partial charge on any atom is 0.200 e. The van der Waals surface area contributed by atoms with E-state index < -0.39 is 11.4 Å². The Morgan fingerprint density at radius 2 is 1.88 bits per heavy atom. The van der Waals surface area contributed by atoms with Crippen LogP contribution in [0.3, 0.4) is 0 Å². The number of aromatic amines is 1. The van der Waals surface area contributed by atoms with Gasteiger partial charge in [-0.1, -0.05) is 18.2 Å². The number of carbonyl (C=O) groups excluding carboxylic acids is 1. The third kappa shape index (κ3) is 3.04. The molecule has 2 aromatic carbocycles. The fourth-order valence-electron chi connectivity index (χ4n) is 2.61. The number of hydrogen-bond acceptors (Lipinski definition) is 4. The molecule has 0 spiro atoms. The summed E-state index contributed by atoms with van der Waals surface area (Å²) in [6, 6.07) is 15.9. The van der Waals surface area contributed by atoms with Crippen LogP contribution in [0.4, 0.5) is 0 Å². The van der Waals surface area contributed by atoms with E-state index in [2.05, 4.69) is 4.98 Å².